The maximum Gasteiger partial charge on any atom is 0.429 e. The van der Waals surface area contributed by atoms with Crippen LogP contribution in [-0.2, 0) is 42.9 Å². The van der Waals surface area contributed by atoms with E-state index >= 15 is 0 Å². The third-order valence-corrected chi connectivity index (χ3v) is 11.1. The minimum Gasteiger partial charge on any atom is -0.457 e. The fourth-order valence-electron chi connectivity index (χ4n) is 8.01. The van der Waals surface area contributed by atoms with Crippen LogP contribution in [0.4, 0.5) is 4.79 Å². The van der Waals surface area contributed by atoms with Crippen LogP contribution >= 0.6 is 0 Å². The lowest BCUT2D eigenvalue weighted by atomic mass is 9.73. The van der Waals surface area contributed by atoms with Gasteiger partial charge < -0.3 is 33.7 Å². The molecule has 0 aromatic rings. The molecule has 0 aromatic heterocycles. The zero-order valence-corrected chi connectivity index (χ0v) is 32.0. The van der Waals surface area contributed by atoms with Gasteiger partial charge >= 0.3 is 12.1 Å². The number of carbonyl (C=O) groups is 5. The average Bonchev–Trinajstić information content (AvgIpc) is 3.32. The molecule has 0 saturated carbocycles. The van der Waals surface area contributed by atoms with E-state index in [1.54, 1.807) is 41.5 Å². The number of carbonyl (C=O) groups excluding carboxylic acids is 5. The van der Waals surface area contributed by atoms with E-state index in [2.05, 4.69) is 5.43 Å². The first-order valence-corrected chi connectivity index (χ1v) is 18.1. The number of methoxy groups -OCH3 is 1. The highest BCUT2D eigenvalue weighted by atomic mass is 16.7. The van der Waals surface area contributed by atoms with Crippen molar-refractivity contribution in [1.82, 2.24) is 15.3 Å². The topological polar surface area (TPSA) is 170 Å². The van der Waals surface area contributed by atoms with Crippen molar-refractivity contribution in [3.8, 4) is 0 Å². The molecule has 3 fully saturated rings. The van der Waals surface area contributed by atoms with Crippen LogP contribution in [-0.4, -0.2) is 120 Å². The van der Waals surface area contributed by atoms with E-state index in [9.17, 15) is 29.1 Å². The lowest BCUT2D eigenvalue weighted by molar-refractivity contribution is -0.295. The van der Waals surface area contributed by atoms with Gasteiger partial charge in [-0.05, 0) is 67.5 Å². The van der Waals surface area contributed by atoms with Crippen molar-refractivity contribution in [3.63, 3.8) is 0 Å². The second-order valence-electron chi connectivity index (χ2n) is 15.2. The van der Waals surface area contributed by atoms with E-state index in [0.717, 1.165) is 11.4 Å². The fraction of sp³-hybridized carbons (Fsp3) is 0.861. The van der Waals surface area contributed by atoms with Crippen LogP contribution in [0.5, 0.6) is 0 Å². The first kappa shape index (κ1) is 41.8. The Kier molecular flexibility index (Phi) is 14.0. The smallest absolute Gasteiger partial charge is 0.429 e. The standard InChI is InChI=1S/C36H61N3O11/c1-13-15-16-26(40)37-39-30-21(5)27(41)19(3)18-35(8,46-12)31(49-33-29(43)24(38(10)11)17-20(4)47-33)22(6)28(42)23(7)32(44)48-25(14-2)36(30,9)50-34(39)45/h19-25,29-31,33,43H,13-18H2,1-12H3,(H,37,40)/t19-,20-,21+,22+,23-,24+,25-,29-,30-,31-,33+,35-,36-/m1/s1. The van der Waals surface area contributed by atoms with Crippen molar-refractivity contribution in [3.05, 3.63) is 0 Å². The van der Waals surface area contributed by atoms with Gasteiger partial charge in [-0.15, -0.1) is 0 Å². The van der Waals surface area contributed by atoms with Gasteiger partial charge in [-0.25, -0.2) is 9.80 Å². The summed E-state index contributed by atoms with van der Waals surface area (Å²) >= 11 is 0. The summed E-state index contributed by atoms with van der Waals surface area (Å²) in [4.78, 5) is 70.6. The molecule has 3 aliphatic heterocycles. The maximum absolute atomic E-state index is 14.4. The highest BCUT2D eigenvalue weighted by Gasteiger charge is 2.61. The number of unbranched alkanes of at least 4 members (excludes halogenated alkanes) is 1. The Morgan fingerprint density at radius 2 is 1.68 bits per heavy atom. The van der Waals surface area contributed by atoms with Crippen molar-refractivity contribution in [2.75, 3.05) is 21.2 Å². The number of cyclic esters (lactones) is 1. The minimum absolute atomic E-state index is 0.0710. The third kappa shape index (κ3) is 8.52. The van der Waals surface area contributed by atoms with Crippen LogP contribution in [0.3, 0.4) is 0 Å². The van der Waals surface area contributed by atoms with Gasteiger partial charge in [-0.3, -0.25) is 24.6 Å². The quantitative estimate of drug-likeness (QED) is 0.264. The summed E-state index contributed by atoms with van der Waals surface area (Å²) in [5.74, 6) is -5.88. The SMILES string of the molecule is CCCCC(=O)NN1C(=O)O[C@]2(C)[C@@H](CC)OC(=O)[C@H](C)C(=O)[C@H](C)[C@@H](O[C@@H]3O[C@H](C)C[C@H](N(C)C)[C@H]3O)[C@](C)(OC)C[C@@H](C)C(=O)[C@H](C)[C@@H]12. The number of amides is 2. The largest absolute Gasteiger partial charge is 0.457 e. The van der Waals surface area contributed by atoms with Gasteiger partial charge in [-0.1, -0.05) is 41.0 Å². The molecule has 0 radical (unpaired) electrons. The Bertz CT molecular complexity index is 1250. The molecule has 14 heteroatoms. The number of esters is 1. The van der Waals surface area contributed by atoms with Crippen molar-refractivity contribution >= 4 is 29.5 Å². The van der Waals surface area contributed by atoms with E-state index < -0.39 is 89.3 Å². The zero-order valence-electron chi connectivity index (χ0n) is 32.0. The number of aliphatic hydroxyl groups is 1. The van der Waals surface area contributed by atoms with Crippen LogP contribution < -0.4 is 5.43 Å². The molecule has 2 N–H and O–H groups in total. The number of ketones is 2. The molecule has 3 heterocycles. The molecule has 13 atom stereocenters. The predicted molar refractivity (Wildman–Crippen MR) is 182 cm³/mol. The summed E-state index contributed by atoms with van der Waals surface area (Å²) in [5, 5.41) is 12.4. The fourth-order valence-corrected chi connectivity index (χ4v) is 8.01. The number of nitrogens with one attached hydrogen (secondary N) is 1. The van der Waals surface area contributed by atoms with E-state index in [4.69, 9.17) is 23.7 Å². The van der Waals surface area contributed by atoms with Crippen molar-refractivity contribution < 1.29 is 52.8 Å². The van der Waals surface area contributed by atoms with Gasteiger partial charge in [0.1, 0.15) is 30.0 Å². The Labute approximate surface area is 297 Å². The van der Waals surface area contributed by atoms with Gasteiger partial charge in [0.15, 0.2) is 17.7 Å². The minimum atomic E-state index is -1.56. The Morgan fingerprint density at radius 1 is 1.04 bits per heavy atom. The number of Topliss-reactive ketones (excluding diaryl/α,β-unsaturated/α-hetero) is 2. The predicted octanol–water partition coefficient (Wildman–Crippen LogP) is 3.41. The highest BCUT2D eigenvalue weighted by Crippen LogP contribution is 2.42. The summed E-state index contributed by atoms with van der Waals surface area (Å²) in [6.45, 7) is 15.4. The monoisotopic (exact) mass is 711 g/mol. The second kappa shape index (κ2) is 16.8. The van der Waals surface area contributed by atoms with Gasteiger partial charge in [-0.2, -0.15) is 0 Å². The molecule has 3 saturated heterocycles. The molecule has 3 aliphatic rings. The molecule has 0 bridgehead atoms. The van der Waals surface area contributed by atoms with Gasteiger partial charge in [0.2, 0.25) is 5.91 Å². The van der Waals surface area contributed by atoms with Crippen LogP contribution in [0.1, 0.15) is 101 Å². The zero-order chi connectivity index (χ0) is 37.9. The number of hydrogen-bond acceptors (Lipinski definition) is 12. The van der Waals surface area contributed by atoms with E-state index in [0.29, 0.717) is 12.8 Å². The first-order valence-electron chi connectivity index (χ1n) is 18.1. The van der Waals surface area contributed by atoms with Crippen LogP contribution in [0.15, 0.2) is 0 Å². The lowest BCUT2D eigenvalue weighted by Crippen LogP contribution is -2.61. The third-order valence-electron chi connectivity index (χ3n) is 11.1. The lowest BCUT2D eigenvalue weighted by Gasteiger charge is -2.47. The van der Waals surface area contributed by atoms with Gasteiger partial charge in [0.05, 0.1) is 17.8 Å². The molecule has 14 nitrogen and oxygen atoms in total. The van der Waals surface area contributed by atoms with Crippen molar-refractivity contribution in [2.45, 2.75) is 155 Å². The Morgan fingerprint density at radius 3 is 2.24 bits per heavy atom. The molecule has 286 valence electrons. The summed E-state index contributed by atoms with van der Waals surface area (Å²) in [6.07, 6.45) is -3.16. The normalized spacial score (nSPS) is 40.6. The van der Waals surface area contributed by atoms with Crippen LogP contribution in [0, 0.1) is 23.7 Å². The van der Waals surface area contributed by atoms with Crippen molar-refractivity contribution in [2.24, 2.45) is 23.7 Å². The number of hydrogen-bond donors (Lipinski definition) is 2. The summed E-state index contributed by atoms with van der Waals surface area (Å²) in [7, 11) is 5.16. The molecular formula is C36H61N3O11. The molecule has 0 aliphatic carbocycles. The molecule has 2 amide bonds. The maximum atomic E-state index is 14.4. The Hall–Kier alpha value is -2.65. The first-order chi connectivity index (χ1) is 23.3. The van der Waals surface area contributed by atoms with Gasteiger partial charge in [0, 0.05) is 37.3 Å². The number of rotatable bonds is 9. The molecule has 3 rings (SSSR count). The molecule has 0 aromatic carbocycles. The van der Waals surface area contributed by atoms with E-state index in [-0.39, 0.29) is 37.2 Å². The number of nitrogens with zero attached hydrogens (tertiary/aromatic N) is 2. The number of aliphatic hydroxyl groups excluding tert-OH is 1. The Balaban J connectivity index is 2.13. The molecular weight excluding hydrogens is 650 g/mol. The van der Waals surface area contributed by atoms with Crippen LogP contribution in [0.2, 0.25) is 0 Å². The van der Waals surface area contributed by atoms with Gasteiger partial charge in [0.25, 0.3) is 0 Å². The highest BCUT2D eigenvalue weighted by molar-refractivity contribution is 6.00. The number of hydrazine groups is 1. The number of fused-ring (bicyclic) bond motifs is 1. The average molecular weight is 712 g/mol. The van der Waals surface area contributed by atoms with E-state index in [1.807, 2.05) is 32.8 Å². The second-order valence-corrected chi connectivity index (χ2v) is 15.2. The molecule has 50 heavy (non-hydrogen) atoms. The van der Waals surface area contributed by atoms with Crippen molar-refractivity contribution in [1.29, 1.82) is 0 Å². The van der Waals surface area contributed by atoms with E-state index in [1.165, 1.54) is 14.0 Å². The van der Waals surface area contributed by atoms with Crippen LogP contribution in [0.25, 0.3) is 0 Å². The summed E-state index contributed by atoms with van der Waals surface area (Å²) in [5.41, 5.74) is -0.212. The molecule has 0 unspecified atom stereocenters. The summed E-state index contributed by atoms with van der Waals surface area (Å²) in [6, 6.07) is -1.35. The number of likely N-dealkylation sites (N-methyl/N-ethyl adjacent to an activating group) is 1. The summed E-state index contributed by atoms with van der Waals surface area (Å²) < 4.78 is 30.6. The molecule has 0 spiro atoms. The number of ether oxygens (including phenoxy) is 5.